The van der Waals surface area contributed by atoms with Crippen molar-refractivity contribution in [1.82, 2.24) is 0 Å². The zero-order valence-corrected chi connectivity index (χ0v) is 11.9. The first-order valence-corrected chi connectivity index (χ1v) is 7.10. The summed E-state index contributed by atoms with van der Waals surface area (Å²) in [6.45, 7) is 5.25. The normalized spacial score (nSPS) is 19.7. The Labute approximate surface area is 109 Å². The van der Waals surface area contributed by atoms with Crippen LogP contribution in [0.5, 0.6) is 0 Å². The molecule has 2 rings (SSSR count). The van der Waals surface area contributed by atoms with Crippen LogP contribution < -0.4 is 5.32 Å². The number of nitrogens with zero attached hydrogens (tertiary/aromatic N) is 1. The number of anilines is 1. The fourth-order valence-electron chi connectivity index (χ4n) is 1.58. The average molecular weight is 299 g/mol. The SMILES string of the molecule is CCC1CN=C(Nc2ccc(Br)cc2C)S1. The van der Waals surface area contributed by atoms with Crippen LogP contribution in [-0.4, -0.2) is 17.0 Å². The average Bonchev–Trinajstić information content (AvgIpc) is 2.70. The Kier molecular flexibility index (Phi) is 3.92. The highest BCUT2D eigenvalue weighted by Crippen LogP contribution is 2.26. The van der Waals surface area contributed by atoms with Gasteiger partial charge in [0.15, 0.2) is 5.17 Å². The Bertz CT molecular complexity index is 417. The Hall–Kier alpha value is -0.480. The van der Waals surface area contributed by atoms with Gasteiger partial charge in [0.05, 0.1) is 6.54 Å². The van der Waals surface area contributed by atoms with E-state index in [0.717, 1.165) is 21.9 Å². The van der Waals surface area contributed by atoms with E-state index in [1.165, 1.54) is 12.0 Å². The lowest BCUT2D eigenvalue weighted by Crippen LogP contribution is -2.07. The molecule has 0 aromatic heterocycles. The van der Waals surface area contributed by atoms with Gasteiger partial charge in [-0.2, -0.15) is 0 Å². The number of hydrogen-bond acceptors (Lipinski definition) is 3. The van der Waals surface area contributed by atoms with Crippen LogP contribution in [0.25, 0.3) is 0 Å². The molecule has 0 fully saturated rings. The van der Waals surface area contributed by atoms with E-state index in [-0.39, 0.29) is 0 Å². The summed E-state index contributed by atoms with van der Waals surface area (Å²) >= 11 is 5.31. The molecule has 1 heterocycles. The van der Waals surface area contributed by atoms with Crippen LogP contribution in [0.15, 0.2) is 27.7 Å². The van der Waals surface area contributed by atoms with E-state index in [2.05, 4.69) is 52.2 Å². The van der Waals surface area contributed by atoms with Crippen LogP contribution in [0, 0.1) is 6.92 Å². The smallest absolute Gasteiger partial charge is 0.161 e. The molecule has 86 valence electrons. The third-order valence-electron chi connectivity index (χ3n) is 2.60. The molecule has 4 heteroatoms. The minimum Gasteiger partial charge on any atom is -0.335 e. The van der Waals surface area contributed by atoms with E-state index in [9.17, 15) is 0 Å². The topological polar surface area (TPSA) is 24.4 Å². The molecule has 0 aliphatic carbocycles. The molecule has 16 heavy (non-hydrogen) atoms. The van der Waals surface area contributed by atoms with E-state index < -0.39 is 0 Å². The standard InChI is InChI=1S/C12H15BrN2S/c1-3-10-7-14-12(16-10)15-11-5-4-9(13)6-8(11)2/h4-6,10H,3,7H2,1-2H3,(H,14,15). The van der Waals surface area contributed by atoms with Gasteiger partial charge in [-0.25, -0.2) is 0 Å². The van der Waals surface area contributed by atoms with Crippen molar-refractivity contribution in [2.75, 3.05) is 11.9 Å². The van der Waals surface area contributed by atoms with Gasteiger partial charge in [-0.1, -0.05) is 34.6 Å². The molecule has 0 bridgehead atoms. The summed E-state index contributed by atoms with van der Waals surface area (Å²) in [5.74, 6) is 0. The van der Waals surface area contributed by atoms with Gasteiger partial charge in [0.1, 0.15) is 0 Å². The van der Waals surface area contributed by atoms with Crippen molar-refractivity contribution >= 4 is 38.5 Å². The maximum Gasteiger partial charge on any atom is 0.161 e. The van der Waals surface area contributed by atoms with Crippen LogP contribution in [0.2, 0.25) is 0 Å². The Morgan fingerprint density at radius 2 is 2.38 bits per heavy atom. The van der Waals surface area contributed by atoms with Crippen LogP contribution in [-0.2, 0) is 0 Å². The number of amidine groups is 1. The van der Waals surface area contributed by atoms with Gasteiger partial charge < -0.3 is 5.32 Å². The second kappa shape index (κ2) is 5.23. The van der Waals surface area contributed by atoms with Crippen LogP contribution >= 0.6 is 27.7 Å². The first-order valence-electron chi connectivity index (χ1n) is 5.43. The fraction of sp³-hybridized carbons (Fsp3) is 0.417. The third-order valence-corrected chi connectivity index (χ3v) is 4.37. The summed E-state index contributed by atoms with van der Waals surface area (Å²) in [6, 6.07) is 6.24. The second-order valence-electron chi connectivity index (χ2n) is 3.88. The van der Waals surface area contributed by atoms with Crippen molar-refractivity contribution in [3.63, 3.8) is 0 Å². The lowest BCUT2D eigenvalue weighted by atomic mass is 10.2. The summed E-state index contributed by atoms with van der Waals surface area (Å²) in [7, 11) is 0. The highest BCUT2D eigenvalue weighted by atomic mass is 79.9. The lowest BCUT2D eigenvalue weighted by molar-refractivity contribution is 0.843. The number of aliphatic imine (C=N–C) groups is 1. The van der Waals surface area contributed by atoms with E-state index in [4.69, 9.17) is 0 Å². The van der Waals surface area contributed by atoms with E-state index in [1.54, 1.807) is 0 Å². The maximum atomic E-state index is 4.50. The van der Waals surface area contributed by atoms with Crippen molar-refractivity contribution in [3.8, 4) is 0 Å². The number of benzene rings is 1. The van der Waals surface area contributed by atoms with Gasteiger partial charge in [0.25, 0.3) is 0 Å². The molecule has 1 aliphatic rings. The first kappa shape index (κ1) is 12.0. The number of nitrogens with one attached hydrogen (secondary N) is 1. The second-order valence-corrected chi connectivity index (χ2v) is 6.08. The molecule has 2 nitrogen and oxygen atoms in total. The van der Waals surface area contributed by atoms with Crippen molar-refractivity contribution in [1.29, 1.82) is 0 Å². The van der Waals surface area contributed by atoms with E-state index in [0.29, 0.717) is 5.25 Å². The molecule has 0 saturated heterocycles. The molecule has 1 atom stereocenters. The van der Waals surface area contributed by atoms with Gasteiger partial charge in [-0.3, -0.25) is 4.99 Å². The predicted molar refractivity (Wildman–Crippen MR) is 76.5 cm³/mol. The number of hydrogen-bond donors (Lipinski definition) is 1. The van der Waals surface area contributed by atoms with Gasteiger partial charge in [-0.15, -0.1) is 0 Å². The predicted octanol–water partition coefficient (Wildman–Crippen LogP) is 4.05. The van der Waals surface area contributed by atoms with Gasteiger partial charge >= 0.3 is 0 Å². The minimum atomic E-state index is 0.651. The molecule has 1 aromatic rings. The lowest BCUT2D eigenvalue weighted by Gasteiger charge is -2.09. The first-order chi connectivity index (χ1) is 7.69. The van der Waals surface area contributed by atoms with Gasteiger partial charge in [-0.05, 0) is 37.1 Å². The number of thioether (sulfide) groups is 1. The summed E-state index contributed by atoms with van der Waals surface area (Å²) in [5.41, 5.74) is 2.38. The zero-order valence-electron chi connectivity index (χ0n) is 9.46. The van der Waals surface area contributed by atoms with Crippen molar-refractivity contribution in [2.45, 2.75) is 25.5 Å². The van der Waals surface area contributed by atoms with Crippen LogP contribution in [0.1, 0.15) is 18.9 Å². The molecule has 1 unspecified atom stereocenters. The van der Waals surface area contributed by atoms with Crippen molar-refractivity contribution in [2.24, 2.45) is 4.99 Å². The number of halogens is 1. The Morgan fingerprint density at radius 1 is 1.56 bits per heavy atom. The minimum absolute atomic E-state index is 0.651. The van der Waals surface area contributed by atoms with Gasteiger partial charge in [0, 0.05) is 15.4 Å². The highest BCUT2D eigenvalue weighted by molar-refractivity contribution is 9.10. The van der Waals surface area contributed by atoms with Crippen LogP contribution in [0.3, 0.4) is 0 Å². The van der Waals surface area contributed by atoms with Crippen LogP contribution in [0.4, 0.5) is 5.69 Å². The fourth-order valence-corrected chi connectivity index (χ4v) is 3.01. The Morgan fingerprint density at radius 3 is 3.00 bits per heavy atom. The summed E-state index contributed by atoms with van der Waals surface area (Å²) < 4.78 is 1.11. The quantitative estimate of drug-likeness (QED) is 0.891. The number of aryl methyl sites for hydroxylation is 1. The molecule has 1 N–H and O–H groups in total. The number of rotatable bonds is 2. The van der Waals surface area contributed by atoms with Gasteiger partial charge in [0.2, 0.25) is 0 Å². The summed E-state index contributed by atoms with van der Waals surface area (Å²) in [4.78, 5) is 4.50. The highest BCUT2D eigenvalue weighted by Gasteiger charge is 2.17. The largest absolute Gasteiger partial charge is 0.335 e. The third kappa shape index (κ3) is 2.80. The van der Waals surface area contributed by atoms with Crippen molar-refractivity contribution < 1.29 is 0 Å². The molecule has 0 radical (unpaired) electrons. The van der Waals surface area contributed by atoms with E-state index in [1.807, 2.05) is 17.8 Å². The molecule has 1 aromatic carbocycles. The monoisotopic (exact) mass is 298 g/mol. The molecule has 1 aliphatic heterocycles. The zero-order chi connectivity index (χ0) is 11.5. The molecule has 0 saturated carbocycles. The molecular weight excluding hydrogens is 284 g/mol. The molecule has 0 spiro atoms. The molecule has 0 amide bonds. The maximum absolute atomic E-state index is 4.50. The van der Waals surface area contributed by atoms with E-state index >= 15 is 0 Å². The summed E-state index contributed by atoms with van der Waals surface area (Å²) in [5, 5.41) is 5.10. The summed E-state index contributed by atoms with van der Waals surface area (Å²) in [6.07, 6.45) is 1.18. The molecular formula is C12H15BrN2S. The van der Waals surface area contributed by atoms with Crippen molar-refractivity contribution in [3.05, 3.63) is 28.2 Å². The Balaban J connectivity index is 2.05.